The van der Waals surface area contributed by atoms with Gasteiger partial charge in [0.25, 0.3) is 0 Å². The van der Waals surface area contributed by atoms with Gasteiger partial charge in [0.1, 0.15) is 5.75 Å². The number of ether oxygens (including phenoxy) is 2. The fourth-order valence-electron chi connectivity index (χ4n) is 2.51. The molecule has 1 atom stereocenters. The number of fused-ring (bicyclic) bond motifs is 1. The normalized spacial score (nSPS) is 17.0. The third-order valence-corrected chi connectivity index (χ3v) is 4.36. The number of benzene rings is 2. The predicted octanol–water partition coefficient (Wildman–Crippen LogP) is 4.63. The van der Waals surface area contributed by atoms with E-state index in [1.165, 1.54) is 5.56 Å². The lowest BCUT2D eigenvalue weighted by Gasteiger charge is -2.26. The van der Waals surface area contributed by atoms with Crippen LogP contribution in [-0.2, 0) is 0 Å². The second kappa shape index (κ2) is 6.16. The summed E-state index contributed by atoms with van der Waals surface area (Å²) in [6.45, 7) is 1.27. The number of hydrogen-bond donors (Lipinski definition) is 1. The van der Waals surface area contributed by atoms with Crippen molar-refractivity contribution in [2.24, 2.45) is 0 Å². The third kappa shape index (κ3) is 3.11. The second-order valence-corrected chi connectivity index (χ2v) is 6.28. The van der Waals surface area contributed by atoms with Gasteiger partial charge in [0.05, 0.1) is 23.4 Å². The minimum absolute atomic E-state index is 0.303. The van der Waals surface area contributed by atoms with E-state index in [0.717, 1.165) is 16.6 Å². The molecule has 1 aliphatic heterocycles. The van der Waals surface area contributed by atoms with Gasteiger partial charge in [-0.2, -0.15) is 0 Å². The Bertz CT molecular complexity index is 639. The maximum atomic E-state index is 5.97. The van der Waals surface area contributed by atoms with E-state index in [0.29, 0.717) is 35.6 Å². The van der Waals surface area contributed by atoms with E-state index in [4.69, 9.17) is 26.8 Å². The zero-order valence-corrected chi connectivity index (χ0v) is 13.7. The van der Waals surface area contributed by atoms with Crippen LogP contribution < -0.4 is 15.2 Å². The van der Waals surface area contributed by atoms with Crippen LogP contribution in [0.15, 0.2) is 40.9 Å². The minimum atomic E-state index is 0.303. The summed E-state index contributed by atoms with van der Waals surface area (Å²) in [6.07, 6.45) is 0.933. The van der Waals surface area contributed by atoms with Crippen molar-refractivity contribution in [2.75, 3.05) is 18.9 Å². The standard InChI is InChI=1S/C16H15BrClNO2/c17-13-7-11(18)8-14(19)16(13)21-9-10-5-6-20-15-4-2-1-3-12(10)15/h1-4,7-8,10H,5-6,9,19H2. The molecule has 0 saturated carbocycles. The zero-order chi connectivity index (χ0) is 14.8. The maximum Gasteiger partial charge on any atom is 0.156 e. The number of nitrogen functional groups attached to an aromatic ring is 1. The van der Waals surface area contributed by atoms with Crippen LogP contribution >= 0.6 is 27.5 Å². The molecular formula is C16H15BrClNO2. The average Bonchev–Trinajstić information content (AvgIpc) is 2.46. The minimum Gasteiger partial charge on any atom is -0.493 e. The van der Waals surface area contributed by atoms with Gasteiger partial charge in [0, 0.05) is 16.5 Å². The van der Waals surface area contributed by atoms with Gasteiger partial charge in [-0.1, -0.05) is 29.8 Å². The number of anilines is 1. The number of nitrogens with two attached hydrogens (primary N) is 1. The SMILES string of the molecule is Nc1cc(Cl)cc(Br)c1OCC1CCOc2ccccc21. The van der Waals surface area contributed by atoms with Gasteiger partial charge in [-0.05, 0) is 40.5 Å². The molecule has 0 fully saturated rings. The third-order valence-electron chi connectivity index (χ3n) is 3.55. The van der Waals surface area contributed by atoms with Crippen molar-refractivity contribution in [2.45, 2.75) is 12.3 Å². The first-order valence-corrected chi connectivity index (χ1v) is 7.91. The van der Waals surface area contributed by atoms with Crippen LogP contribution in [0.3, 0.4) is 0 Å². The summed E-state index contributed by atoms with van der Waals surface area (Å²) < 4.78 is 12.4. The molecule has 1 aliphatic rings. The average molecular weight is 369 g/mol. The van der Waals surface area contributed by atoms with Crippen LogP contribution in [0.4, 0.5) is 5.69 Å². The van der Waals surface area contributed by atoms with E-state index >= 15 is 0 Å². The van der Waals surface area contributed by atoms with Gasteiger partial charge >= 0.3 is 0 Å². The molecule has 110 valence electrons. The van der Waals surface area contributed by atoms with Gasteiger partial charge in [0.15, 0.2) is 5.75 Å². The van der Waals surface area contributed by atoms with Gasteiger partial charge in [-0.25, -0.2) is 0 Å². The molecule has 0 amide bonds. The van der Waals surface area contributed by atoms with Crippen LogP contribution in [0, 0.1) is 0 Å². The van der Waals surface area contributed by atoms with Crippen molar-refractivity contribution in [3.8, 4) is 11.5 Å². The van der Waals surface area contributed by atoms with E-state index in [2.05, 4.69) is 22.0 Å². The number of hydrogen-bond acceptors (Lipinski definition) is 3. The summed E-state index contributed by atoms with van der Waals surface area (Å²) in [5, 5.41) is 0.586. The van der Waals surface area contributed by atoms with Gasteiger partial charge in [0.2, 0.25) is 0 Å². The van der Waals surface area contributed by atoms with E-state index in [1.807, 2.05) is 18.2 Å². The van der Waals surface area contributed by atoms with Gasteiger partial charge in [-0.15, -0.1) is 0 Å². The zero-order valence-electron chi connectivity index (χ0n) is 11.3. The molecule has 0 spiro atoms. The molecule has 0 aromatic heterocycles. The van der Waals surface area contributed by atoms with Crippen LogP contribution in [0.25, 0.3) is 0 Å². The van der Waals surface area contributed by atoms with E-state index in [-0.39, 0.29) is 0 Å². The topological polar surface area (TPSA) is 44.5 Å². The van der Waals surface area contributed by atoms with Crippen molar-refractivity contribution >= 4 is 33.2 Å². The molecule has 21 heavy (non-hydrogen) atoms. The smallest absolute Gasteiger partial charge is 0.156 e. The summed E-state index contributed by atoms with van der Waals surface area (Å²) in [6, 6.07) is 11.6. The molecular weight excluding hydrogens is 354 g/mol. The van der Waals surface area contributed by atoms with Crippen LogP contribution in [0.1, 0.15) is 17.9 Å². The first-order valence-electron chi connectivity index (χ1n) is 6.74. The molecule has 0 bridgehead atoms. The summed E-state index contributed by atoms with van der Waals surface area (Å²) in [5.74, 6) is 1.89. The molecule has 2 aromatic rings. The lowest BCUT2D eigenvalue weighted by atomic mass is 9.94. The molecule has 0 aliphatic carbocycles. The van der Waals surface area contributed by atoms with Crippen molar-refractivity contribution in [3.63, 3.8) is 0 Å². The van der Waals surface area contributed by atoms with Crippen LogP contribution in [0.2, 0.25) is 5.02 Å². The van der Waals surface area contributed by atoms with E-state index in [1.54, 1.807) is 12.1 Å². The summed E-state index contributed by atoms with van der Waals surface area (Å²) in [7, 11) is 0. The molecule has 2 aromatic carbocycles. The fraction of sp³-hybridized carbons (Fsp3) is 0.250. The van der Waals surface area contributed by atoms with Crippen molar-refractivity contribution in [1.82, 2.24) is 0 Å². The Morgan fingerprint density at radius 1 is 1.33 bits per heavy atom. The van der Waals surface area contributed by atoms with Gasteiger partial charge < -0.3 is 15.2 Å². The highest BCUT2D eigenvalue weighted by molar-refractivity contribution is 9.10. The number of rotatable bonds is 3. The molecule has 3 rings (SSSR count). The largest absolute Gasteiger partial charge is 0.493 e. The Morgan fingerprint density at radius 2 is 2.14 bits per heavy atom. The van der Waals surface area contributed by atoms with E-state index in [9.17, 15) is 0 Å². The molecule has 3 nitrogen and oxygen atoms in total. The molecule has 1 heterocycles. The maximum absolute atomic E-state index is 5.97. The quantitative estimate of drug-likeness (QED) is 0.803. The lowest BCUT2D eigenvalue weighted by Crippen LogP contribution is -2.19. The molecule has 5 heteroatoms. The monoisotopic (exact) mass is 367 g/mol. The summed E-state index contributed by atoms with van der Waals surface area (Å²) in [5.41, 5.74) is 7.69. The second-order valence-electron chi connectivity index (χ2n) is 4.99. The highest BCUT2D eigenvalue weighted by Crippen LogP contribution is 2.37. The lowest BCUT2D eigenvalue weighted by molar-refractivity contribution is 0.217. The Kier molecular flexibility index (Phi) is 4.27. The number of halogens is 2. The van der Waals surface area contributed by atoms with Crippen LogP contribution in [-0.4, -0.2) is 13.2 Å². The van der Waals surface area contributed by atoms with Gasteiger partial charge in [-0.3, -0.25) is 0 Å². The molecule has 1 unspecified atom stereocenters. The molecule has 2 N–H and O–H groups in total. The Morgan fingerprint density at radius 3 is 2.95 bits per heavy atom. The predicted molar refractivity (Wildman–Crippen MR) is 88.4 cm³/mol. The Labute approximate surface area is 137 Å². The molecule has 0 saturated heterocycles. The first kappa shape index (κ1) is 14.5. The summed E-state index contributed by atoms with van der Waals surface area (Å²) >= 11 is 9.40. The van der Waals surface area contributed by atoms with E-state index < -0.39 is 0 Å². The van der Waals surface area contributed by atoms with Crippen LogP contribution in [0.5, 0.6) is 11.5 Å². The van der Waals surface area contributed by atoms with Crippen molar-refractivity contribution in [1.29, 1.82) is 0 Å². The first-order chi connectivity index (χ1) is 10.1. The fourth-order valence-corrected chi connectivity index (χ4v) is 3.45. The highest BCUT2D eigenvalue weighted by atomic mass is 79.9. The number of para-hydroxylation sites is 1. The van der Waals surface area contributed by atoms with Crippen molar-refractivity contribution < 1.29 is 9.47 Å². The molecule has 0 radical (unpaired) electrons. The Balaban J connectivity index is 1.78. The highest BCUT2D eigenvalue weighted by Gasteiger charge is 2.22. The summed E-state index contributed by atoms with van der Waals surface area (Å²) in [4.78, 5) is 0. The van der Waals surface area contributed by atoms with Crippen molar-refractivity contribution in [3.05, 3.63) is 51.5 Å². The Hall–Kier alpha value is -1.39.